The zero-order valence-corrected chi connectivity index (χ0v) is 11.5. The number of anilines is 2. The zero-order valence-electron chi connectivity index (χ0n) is 10.7. The molecule has 0 aliphatic heterocycles. The van der Waals surface area contributed by atoms with E-state index in [1.807, 2.05) is 12.1 Å². The number of benzene rings is 1. The van der Waals surface area contributed by atoms with E-state index in [2.05, 4.69) is 20.3 Å². The molecule has 3 rings (SSSR count). The van der Waals surface area contributed by atoms with Gasteiger partial charge in [-0.2, -0.15) is 0 Å². The number of nitrogens with zero attached hydrogens (tertiary/aromatic N) is 3. The molecule has 0 atom stereocenters. The topological polar surface area (TPSA) is 93.8 Å². The highest BCUT2D eigenvalue weighted by Crippen LogP contribution is 2.21. The maximum absolute atomic E-state index is 12.1. The highest BCUT2D eigenvalue weighted by molar-refractivity contribution is 6.32. The number of hydrogen-bond donors (Lipinski definition) is 2. The first-order valence-corrected chi connectivity index (χ1v) is 6.46. The van der Waals surface area contributed by atoms with Crippen LogP contribution in [0.4, 0.5) is 11.5 Å². The largest absolute Gasteiger partial charge is 0.397 e. The van der Waals surface area contributed by atoms with Crippen molar-refractivity contribution in [3.63, 3.8) is 0 Å². The number of carbonyl (C=O) groups is 1. The van der Waals surface area contributed by atoms with Crippen LogP contribution in [-0.2, 0) is 0 Å². The Morgan fingerprint density at radius 2 is 1.81 bits per heavy atom. The third kappa shape index (κ3) is 2.75. The SMILES string of the molecule is Nc1ccc(C(=O)Nc2nc3ccccc3nc2Cl)nc1. The Hall–Kier alpha value is -2.73. The van der Waals surface area contributed by atoms with E-state index < -0.39 is 5.91 Å². The average molecular weight is 300 g/mol. The third-order valence-electron chi connectivity index (χ3n) is 2.78. The number of rotatable bonds is 2. The molecular formula is C14H10ClN5O. The molecule has 104 valence electrons. The Morgan fingerprint density at radius 1 is 1.10 bits per heavy atom. The summed E-state index contributed by atoms with van der Waals surface area (Å²) in [5.74, 6) is -0.236. The lowest BCUT2D eigenvalue weighted by Crippen LogP contribution is -2.15. The molecule has 3 N–H and O–H groups in total. The molecule has 0 saturated carbocycles. The van der Waals surface area contributed by atoms with Crippen molar-refractivity contribution in [1.29, 1.82) is 0 Å². The quantitative estimate of drug-likeness (QED) is 0.758. The van der Waals surface area contributed by atoms with Crippen molar-refractivity contribution in [3.8, 4) is 0 Å². The summed E-state index contributed by atoms with van der Waals surface area (Å²) in [6.07, 6.45) is 1.41. The number of nitrogens with one attached hydrogen (secondary N) is 1. The van der Waals surface area contributed by atoms with Gasteiger partial charge in [0.15, 0.2) is 11.0 Å². The van der Waals surface area contributed by atoms with Crippen LogP contribution in [0.2, 0.25) is 5.15 Å². The molecule has 0 saturated heterocycles. The van der Waals surface area contributed by atoms with Crippen molar-refractivity contribution >= 4 is 40.0 Å². The van der Waals surface area contributed by atoms with Crippen molar-refractivity contribution in [2.24, 2.45) is 0 Å². The van der Waals surface area contributed by atoms with E-state index in [9.17, 15) is 4.79 Å². The zero-order chi connectivity index (χ0) is 14.8. The molecule has 0 aliphatic rings. The molecule has 0 radical (unpaired) electrons. The molecule has 3 aromatic rings. The lowest BCUT2D eigenvalue weighted by molar-refractivity contribution is 0.102. The number of para-hydroxylation sites is 2. The summed E-state index contributed by atoms with van der Waals surface area (Å²) in [6, 6.07) is 10.4. The van der Waals surface area contributed by atoms with Gasteiger partial charge in [-0.1, -0.05) is 23.7 Å². The Balaban J connectivity index is 1.92. The molecule has 6 nitrogen and oxygen atoms in total. The summed E-state index contributed by atoms with van der Waals surface area (Å²) in [5, 5.41) is 2.71. The molecule has 21 heavy (non-hydrogen) atoms. The highest BCUT2D eigenvalue weighted by Gasteiger charge is 2.12. The fourth-order valence-corrected chi connectivity index (χ4v) is 1.95. The van der Waals surface area contributed by atoms with E-state index in [-0.39, 0.29) is 16.7 Å². The monoisotopic (exact) mass is 299 g/mol. The van der Waals surface area contributed by atoms with Crippen molar-refractivity contribution in [2.45, 2.75) is 0 Å². The normalized spacial score (nSPS) is 10.5. The molecule has 0 spiro atoms. The maximum atomic E-state index is 12.1. The Kier molecular flexibility index (Phi) is 3.37. The Bertz CT molecular complexity index is 819. The number of nitrogen functional groups attached to an aromatic ring is 1. The summed E-state index contributed by atoms with van der Waals surface area (Å²) >= 11 is 6.03. The van der Waals surface area contributed by atoms with E-state index in [1.165, 1.54) is 12.3 Å². The summed E-state index contributed by atoms with van der Waals surface area (Å²) in [6.45, 7) is 0. The summed E-state index contributed by atoms with van der Waals surface area (Å²) in [4.78, 5) is 24.5. The van der Waals surface area contributed by atoms with Crippen LogP contribution in [0.25, 0.3) is 11.0 Å². The van der Waals surface area contributed by atoms with Gasteiger partial charge in [0.05, 0.1) is 22.9 Å². The summed E-state index contributed by atoms with van der Waals surface area (Å²) in [7, 11) is 0. The standard InChI is InChI=1S/C14H10ClN5O/c15-12-13(19-10-4-2-1-3-9(10)18-12)20-14(21)11-6-5-8(16)7-17-11/h1-7H,16H2,(H,19,20,21). The second-order valence-electron chi connectivity index (χ2n) is 4.28. The van der Waals surface area contributed by atoms with Gasteiger partial charge < -0.3 is 11.1 Å². The van der Waals surface area contributed by atoms with Crippen LogP contribution in [0.1, 0.15) is 10.5 Å². The van der Waals surface area contributed by atoms with Crippen LogP contribution in [0, 0.1) is 0 Å². The van der Waals surface area contributed by atoms with Gasteiger partial charge in [-0.05, 0) is 24.3 Å². The number of halogens is 1. The summed E-state index contributed by atoms with van der Waals surface area (Å²) < 4.78 is 0. The number of amides is 1. The van der Waals surface area contributed by atoms with Crippen LogP contribution < -0.4 is 11.1 Å². The first-order chi connectivity index (χ1) is 10.1. The van der Waals surface area contributed by atoms with Crippen LogP contribution in [0.15, 0.2) is 42.6 Å². The van der Waals surface area contributed by atoms with E-state index in [1.54, 1.807) is 18.2 Å². The molecular weight excluding hydrogens is 290 g/mol. The molecule has 0 aliphatic carbocycles. The van der Waals surface area contributed by atoms with Gasteiger partial charge in [0, 0.05) is 0 Å². The predicted molar refractivity (Wildman–Crippen MR) is 81.2 cm³/mol. The Labute approximate surface area is 125 Å². The third-order valence-corrected chi connectivity index (χ3v) is 3.04. The van der Waals surface area contributed by atoms with Crippen LogP contribution in [0.5, 0.6) is 0 Å². The average Bonchev–Trinajstić information content (AvgIpc) is 2.48. The minimum atomic E-state index is -0.429. The van der Waals surface area contributed by atoms with Gasteiger partial charge in [0.25, 0.3) is 5.91 Å². The first-order valence-electron chi connectivity index (χ1n) is 6.08. The Morgan fingerprint density at radius 3 is 2.48 bits per heavy atom. The number of aromatic nitrogens is 3. The number of hydrogen-bond acceptors (Lipinski definition) is 5. The predicted octanol–water partition coefficient (Wildman–Crippen LogP) is 2.51. The van der Waals surface area contributed by atoms with Gasteiger partial charge in [-0.3, -0.25) is 4.79 Å². The second-order valence-corrected chi connectivity index (χ2v) is 4.64. The minimum Gasteiger partial charge on any atom is -0.397 e. The second kappa shape index (κ2) is 5.34. The maximum Gasteiger partial charge on any atom is 0.275 e. The highest BCUT2D eigenvalue weighted by atomic mass is 35.5. The fourth-order valence-electron chi connectivity index (χ4n) is 1.77. The van der Waals surface area contributed by atoms with Gasteiger partial charge >= 0.3 is 0 Å². The minimum absolute atomic E-state index is 0.123. The van der Waals surface area contributed by atoms with Crippen molar-refractivity contribution in [2.75, 3.05) is 11.1 Å². The van der Waals surface area contributed by atoms with E-state index >= 15 is 0 Å². The molecule has 2 aromatic heterocycles. The number of nitrogens with two attached hydrogens (primary N) is 1. The number of pyridine rings is 1. The fraction of sp³-hybridized carbons (Fsp3) is 0. The molecule has 7 heteroatoms. The molecule has 1 aromatic carbocycles. The molecule has 2 heterocycles. The number of fused-ring (bicyclic) bond motifs is 1. The van der Waals surface area contributed by atoms with Gasteiger partial charge in [0.2, 0.25) is 0 Å². The van der Waals surface area contributed by atoms with E-state index in [0.29, 0.717) is 16.7 Å². The smallest absolute Gasteiger partial charge is 0.275 e. The first kappa shape index (κ1) is 13.3. The van der Waals surface area contributed by atoms with Gasteiger partial charge in [-0.15, -0.1) is 0 Å². The molecule has 0 unspecified atom stereocenters. The molecule has 0 fully saturated rings. The van der Waals surface area contributed by atoms with E-state index in [4.69, 9.17) is 17.3 Å². The van der Waals surface area contributed by atoms with Gasteiger partial charge in [-0.25, -0.2) is 15.0 Å². The van der Waals surface area contributed by atoms with Crippen LogP contribution >= 0.6 is 11.6 Å². The van der Waals surface area contributed by atoms with Crippen molar-refractivity contribution in [1.82, 2.24) is 15.0 Å². The van der Waals surface area contributed by atoms with Crippen LogP contribution in [0.3, 0.4) is 0 Å². The summed E-state index contributed by atoms with van der Waals surface area (Å²) in [5.41, 5.74) is 7.53. The number of carbonyl (C=O) groups excluding carboxylic acids is 1. The van der Waals surface area contributed by atoms with E-state index in [0.717, 1.165) is 0 Å². The molecule has 1 amide bonds. The van der Waals surface area contributed by atoms with Crippen molar-refractivity contribution < 1.29 is 4.79 Å². The lowest BCUT2D eigenvalue weighted by atomic mass is 10.3. The van der Waals surface area contributed by atoms with Crippen LogP contribution in [-0.4, -0.2) is 20.9 Å². The molecule has 0 bridgehead atoms. The van der Waals surface area contributed by atoms with Crippen molar-refractivity contribution in [3.05, 3.63) is 53.4 Å². The van der Waals surface area contributed by atoms with Gasteiger partial charge in [0.1, 0.15) is 5.69 Å². The lowest BCUT2D eigenvalue weighted by Gasteiger charge is -2.07.